The topological polar surface area (TPSA) is 66.6 Å². The largest absolute Gasteiger partial charge is 0.453 e. The van der Waals surface area contributed by atoms with E-state index in [4.69, 9.17) is 0 Å². The predicted molar refractivity (Wildman–Crippen MR) is 104 cm³/mol. The molecule has 1 amide bonds. The van der Waals surface area contributed by atoms with Crippen LogP contribution in [-0.4, -0.2) is 56.8 Å². The van der Waals surface area contributed by atoms with Gasteiger partial charge in [0, 0.05) is 31.7 Å². The molecule has 1 saturated heterocycles. The highest BCUT2D eigenvalue weighted by molar-refractivity contribution is 5.94. The summed E-state index contributed by atoms with van der Waals surface area (Å²) in [5.74, 6) is -0.420. The molecule has 1 aliphatic rings. The molecule has 0 spiro atoms. The van der Waals surface area contributed by atoms with E-state index in [0.29, 0.717) is 48.0 Å². The van der Waals surface area contributed by atoms with E-state index in [9.17, 15) is 18.0 Å². The van der Waals surface area contributed by atoms with E-state index in [1.165, 1.54) is 11.6 Å². The van der Waals surface area contributed by atoms with Gasteiger partial charge in [-0.2, -0.15) is 17.7 Å². The molecule has 3 aromatic rings. The number of benzene rings is 1. The van der Waals surface area contributed by atoms with E-state index in [1.807, 2.05) is 29.2 Å². The van der Waals surface area contributed by atoms with Gasteiger partial charge in [0.25, 0.3) is 11.7 Å². The minimum Gasteiger partial charge on any atom is -0.352 e. The number of aromatic nitrogens is 4. The molecule has 2 aromatic heterocycles. The Hall–Kier alpha value is -3.17. The Balaban J connectivity index is 1.46. The number of piperazine rings is 1. The molecule has 1 aliphatic heterocycles. The Morgan fingerprint density at radius 1 is 0.967 bits per heavy atom. The summed E-state index contributed by atoms with van der Waals surface area (Å²) >= 11 is 0. The van der Waals surface area contributed by atoms with Crippen molar-refractivity contribution in [1.82, 2.24) is 24.7 Å². The fourth-order valence-electron chi connectivity index (χ4n) is 3.46. The van der Waals surface area contributed by atoms with E-state index in [0.717, 1.165) is 0 Å². The van der Waals surface area contributed by atoms with Crippen LogP contribution < -0.4 is 4.90 Å². The number of hydrogen-bond acceptors (Lipinski definition) is 5. The number of hydrogen-bond donors (Lipinski definition) is 0. The van der Waals surface area contributed by atoms with Crippen LogP contribution in [0, 0.1) is 0 Å². The van der Waals surface area contributed by atoms with Gasteiger partial charge in [0.15, 0.2) is 5.65 Å². The number of anilines is 1. The van der Waals surface area contributed by atoms with Gasteiger partial charge in [0.05, 0.1) is 0 Å². The van der Waals surface area contributed by atoms with Gasteiger partial charge < -0.3 is 9.80 Å². The van der Waals surface area contributed by atoms with Crippen molar-refractivity contribution in [2.75, 3.05) is 31.1 Å². The smallest absolute Gasteiger partial charge is 0.352 e. The molecular weight excluding hydrogens is 397 g/mol. The van der Waals surface area contributed by atoms with E-state index in [-0.39, 0.29) is 11.6 Å². The Labute approximate surface area is 171 Å². The molecule has 4 rings (SSSR count). The minimum absolute atomic E-state index is 0.0322. The van der Waals surface area contributed by atoms with Crippen LogP contribution in [0.4, 0.5) is 19.0 Å². The number of nitrogens with zero attached hydrogens (tertiary/aromatic N) is 6. The highest BCUT2D eigenvalue weighted by Crippen LogP contribution is 2.28. The van der Waals surface area contributed by atoms with Crippen LogP contribution in [0.3, 0.4) is 0 Å². The molecule has 1 aromatic carbocycles. The highest BCUT2D eigenvalue weighted by atomic mass is 19.4. The SMILES string of the molecule is CC(C)c1ccc(C(=O)N2CCN(c3ccc4nnc(C(F)(F)F)n4n3)CC2)cc1. The second-order valence-corrected chi connectivity index (χ2v) is 7.54. The van der Waals surface area contributed by atoms with Crippen LogP contribution in [0.2, 0.25) is 0 Å². The van der Waals surface area contributed by atoms with Crippen molar-refractivity contribution in [2.45, 2.75) is 25.9 Å². The molecular formula is C20H21F3N6O. The van der Waals surface area contributed by atoms with Gasteiger partial charge >= 0.3 is 6.18 Å². The lowest BCUT2D eigenvalue weighted by Crippen LogP contribution is -2.49. The number of carbonyl (C=O) groups is 1. The molecule has 158 valence electrons. The van der Waals surface area contributed by atoms with Gasteiger partial charge in [-0.25, -0.2) is 0 Å². The maximum absolute atomic E-state index is 13.1. The molecule has 1 fully saturated rings. The third kappa shape index (κ3) is 3.81. The minimum atomic E-state index is -4.64. The summed E-state index contributed by atoms with van der Waals surface area (Å²) in [5, 5.41) is 10.8. The third-order valence-corrected chi connectivity index (χ3v) is 5.22. The van der Waals surface area contributed by atoms with Crippen LogP contribution in [0.1, 0.15) is 41.5 Å². The number of amides is 1. The van der Waals surface area contributed by atoms with Crippen LogP contribution in [0.25, 0.3) is 5.65 Å². The van der Waals surface area contributed by atoms with E-state index >= 15 is 0 Å². The predicted octanol–water partition coefficient (Wildman–Crippen LogP) is 3.23. The zero-order valence-electron chi connectivity index (χ0n) is 16.6. The molecule has 0 saturated carbocycles. The Kier molecular flexibility index (Phi) is 5.08. The van der Waals surface area contributed by atoms with Gasteiger partial charge in [-0.3, -0.25) is 4.79 Å². The monoisotopic (exact) mass is 418 g/mol. The summed E-state index contributed by atoms with van der Waals surface area (Å²) in [5.41, 5.74) is 1.83. The summed E-state index contributed by atoms with van der Waals surface area (Å²) < 4.78 is 39.9. The van der Waals surface area contributed by atoms with Crippen molar-refractivity contribution in [3.63, 3.8) is 0 Å². The lowest BCUT2D eigenvalue weighted by Gasteiger charge is -2.35. The highest BCUT2D eigenvalue weighted by Gasteiger charge is 2.38. The van der Waals surface area contributed by atoms with E-state index < -0.39 is 12.0 Å². The van der Waals surface area contributed by atoms with Crippen molar-refractivity contribution in [1.29, 1.82) is 0 Å². The Morgan fingerprint density at radius 2 is 1.63 bits per heavy atom. The quantitative estimate of drug-likeness (QED) is 0.654. The Bertz CT molecular complexity index is 1050. The lowest BCUT2D eigenvalue weighted by molar-refractivity contribution is -0.146. The lowest BCUT2D eigenvalue weighted by atomic mass is 10.0. The fourth-order valence-corrected chi connectivity index (χ4v) is 3.46. The average Bonchev–Trinajstić information content (AvgIpc) is 3.17. The van der Waals surface area contributed by atoms with Crippen molar-refractivity contribution in [3.8, 4) is 0 Å². The van der Waals surface area contributed by atoms with Crippen LogP contribution in [-0.2, 0) is 6.18 Å². The first-order valence-corrected chi connectivity index (χ1v) is 9.68. The average molecular weight is 418 g/mol. The molecule has 0 aliphatic carbocycles. The van der Waals surface area contributed by atoms with Gasteiger partial charge in [0.2, 0.25) is 0 Å². The number of rotatable bonds is 3. The second kappa shape index (κ2) is 7.58. The van der Waals surface area contributed by atoms with Gasteiger partial charge in [-0.1, -0.05) is 26.0 Å². The first-order valence-electron chi connectivity index (χ1n) is 9.68. The maximum Gasteiger partial charge on any atom is 0.453 e. The number of halogens is 3. The van der Waals surface area contributed by atoms with Crippen molar-refractivity contribution < 1.29 is 18.0 Å². The fraction of sp³-hybridized carbons (Fsp3) is 0.400. The van der Waals surface area contributed by atoms with Crippen molar-refractivity contribution in [2.24, 2.45) is 0 Å². The van der Waals surface area contributed by atoms with Crippen LogP contribution >= 0.6 is 0 Å². The summed E-state index contributed by atoms with van der Waals surface area (Å²) in [4.78, 5) is 16.4. The standard InChI is InChI=1S/C20H21F3N6O/c1-13(2)14-3-5-15(6-4-14)18(30)28-11-9-27(10-12-28)17-8-7-16-24-25-19(20(21,22)23)29(16)26-17/h3-8,13H,9-12H2,1-2H3. The van der Waals surface area contributed by atoms with Gasteiger partial charge in [-0.05, 0) is 35.7 Å². The summed E-state index contributed by atoms with van der Waals surface area (Å²) in [7, 11) is 0. The normalized spacial score (nSPS) is 15.3. The molecule has 3 heterocycles. The first kappa shape index (κ1) is 20.1. The summed E-state index contributed by atoms with van der Waals surface area (Å²) in [6.07, 6.45) is -4.64. The summed E-state index contributed by atoms with van der Waals surface area (Å²) in [6, 6.07) is 10.7. The molecule has 0 radical (unpaired) electrons. The first-order chi connectivity index (χ1) is 14.2. The zero-order chi connectivity index (χ0) is 21.5. The molecule has 10 heteroatoms. The second-order valence-electron chi connectivity index (χ2n) is 7.54. The molecule has 0 unspecified atom stereocenters. The van der Waals surface area contributed by atoms with Gasteiger partial charge in [-0.15, -0.1) is 15.3 Å². The van der Waals surface area contributed by atoms with Crippen LogP contribution in [0.5, 0.6) is 0 Å². The van der Waals surface area contributed by atoms with E-state index in [1.54, 1.807) is 11.0 Å². The molecule has 0 bridgehead atoms. The van der Waals surface area contributed by atoms with Crippen molar-refractivity contribution >= 4 is 17.4 Å². The maximum atomic E-state index is 13.1. The zero-order valence-corrected chi connectivity index (χ0v) is 16.6. The van der Waals surface area contributed by atoms with E-state index in [2.05, 4.69) is 29.1 Å². The number of alkyl halides is 3. The van der Waals surface area contributed by atoms with Crippen LogP contribution in [0.15, 0.2) is 36.4 Å². The van der Waals surface area contributed by atoms with Crippen molar-refractivity contribution in [3.05, 3.63) is 53.3 Å². The third-order valence-electron chi connectivity index (χ3n) is 5.22. The number of carbonyl (C=O) groups excluding carboxylic acids is 1. The summed E-state index contributed by atoms with van der Waals surface area (Å²) in [6.45, 7) is 6.05. The Morgan fingerprint density at radius 3 is 2.23 bits per heavy atom. The van der Waals surface area contributed by atoms with Gasteiger partial charge in [0.1, 0.15) is 5.82 Å². The number of fused-ring (bicyclic) bond motifs is 1. The molecule has 7 nitrogen and oxygen atoms in total. The molecule has 0 atom stereocenters. The molecule has 0 N–H and O–H groups in total. The molecule has 30 heavy (non-hydrogen) atoms.